The number of aromatic nitrogens is 5. The third kappa shape index (κ3) is 3.92. The van der Waals surface area contributed by atoms with Crippen molar-refractivity contribution >= 4 is 11.6 Å². The minimum atomic E-state index is -1.07. The number of fused-ring (bicyclic) bond motifs is 1. The topological polar surface area (TPSA) is 93.3 Å². The van der Waals surface area contributed by atoms with Gasteiger partial charge < -0.3 is 5.11 Å². The summed E-state index contributed by atoms with van der Waals surface area (Å²) in [6.45, 7) is 7.43. The van der Waals surface area contributed by atoms with Gasteiger partial charge in [0.15, 0.2) is 5.65 Å². The minimum Gasteiger partial charge on any atom is -0.481 e. The molecule has 0 aliphatic heterocycles. The predicted octanol–water partition coefficient (Wildman–Crippen LogP) is 5.75. The number of carboxylic acid groups (broad SMARTS) is 1. The highest BCUT2D eigenvalue weighted by molar-refractivity contribution is 5.81. The van der Waals surface area contributed by atoms with E-state index >= 15 is 0 Å². The molecule has 5 aromatic rings. The van der Waals surface area contributed by atoms with Crippen molar-refractivity contribution in [2.24, 2.45) is 0 Å². The van der Waals surface area contributed by atoms with Crippen LogP contribution in [0.5, 0.6) is 0 Å². The Morgan fingerprint density at radius 3 is 2.25 bits per heavy atom. The van der Waals surface area contributed by atoms with Crippen LogP contribution >= 0.6 is 0 Å². The molecule has 5 rings (SSSR count). The van der Waals surface area contributed by atoms with Crippen LogP contribution < -0.4 is 0 Å². The zero-order chi connectivity index (χ0) is 25.4. The molecule has 0 atom stereocenters. The van der Waals surface area contributed by atoms with Gasteiger partial charge in [-0.05, 0) is 51.0 Å². The molecule has 0 radical (unpaired) electrons. The standard InChI is InChI=1S/C29H27N5O2/c1-5-22-18(2)34-27(33-26(22)21-12-14-25(31-16-21)29(3,4)28(35)36)23(17-32-34)20-11-13-24(30-15-20)19-9-7-6-8-10-19/h6-17H,5H2,1-4H3,(H,35,36). The van der Waals surface area contributed by atoms with E-state index in [1.54, 1.807) is 26.1 Å². The third-order valence-electron chi connectivity index (χ3n) is 6.71. The molecule has 7 heteroatoms. The van der Waals surface area contributed by atoms with E-state index in [-0.39, 0.29) is 0 Å². The average molecular weight is 478 g/mol. The first-order valence-corrected chi connectivity index (χ1v) is 11.9. The number of nitrogens with zero attached hydrogens (tertiary/aromatic N) is 5. The summed E-state index contributed by atoms with van der Waals surface area (Å²) in [5.41, 5.74) is 7.71. The summed E-state index contributed by atoms with van der Waals surface area (Å²) in [6, 6.07) is 17.8. The van der Waals surface area contributed by atoms with Crippen LogP contribution in [-0.4, -0.2) is 35.6 Å². The lowest BCUT2D eigenvalue weighted by Gasteiger charge is -2.19. The Balaban J connectivity index is 1.59. The summed E-state index contributed by atoms with van der Waals surface area (Å²) < 4.78 is 1.87. The van der Waals surface area contributed by atoms with E-state index in [1.807, 2.05) is 72.4 Å². The molecule has 180 valence electrons. The largest absolute Gasteiger partial charge is 0.481 e. The number of aliphatic carboxylic acids is 1. The van der Waals surface area contributed by atoms with E-state index in [2.05, 4.69) is 22.0 Å². The maximum absolute atomic E-state index is 11.6. The first-order valence-electron chi connectivity index (χ1n) is 11.9. The molecule has 0 aliphatic rings. The van der Waals surface area contributed by atoms with Crippen LogP contribution in [0.3, 0.4) is 0 Å². The van der Waals surface area contributed by atoms with Gasteiger partial charge >= 0.3 is 5.97 Å². The highest BCUT2D eigenvalue weighted by atomic mass is 16.4. The van der Waals surface area contributed by atoms with E-state index < -0.39 is 11.4 Å². The molecule has 1 N–H and O–H groups in total. The first-order chi connectivity index (χ1) is 17.3. The van der Waals surface area contributed by atoms with Gasteiger partial charge in [-0.2, -0.15) is 5.10 Å². The molecular formula is C29H27N5O2. The lowest BCUT2D eigenvalue weighted by molar-refractivity contribution is -0.142. The number of benzene rings is 1. The SMILES string of the molecule is CCc1c(-c2ccc(C(C)(C)C(=O)O)nc2)nc2c(-c3ccc(-c4ccccc4)nc3)cnn2c1C. The van der Waals surface area contributed by atoms with Crippen molar-refractivity contribution in [2.75, 3.05) is 0 Å². The highest BCUT2D eigenvalue weighted by Gasteiger charge is 2.31. The third-order valence-corrected chi connectivity index (χ3v) is 6.71. The molecule has 0 spiro atoms. The van der Waals surface area contributed by atoms with Gasteiger partial charge in [0.05, 0.1) is 23.3 Å². The molecular weight excluding hydrogens is 450 g/mol. The lowest BCUT2D eigenvalue weighted by atomic mass is 9.88. The normalized spacial score (nSPS) is 11.7. The number of carbonyl (C=O) groups is 1. The van der Waals surface area contributed by atoms with Gasteiger partial charge in [0.1, 0.15) is 5.41 Å². The summed E-state index contributed by atoms with van der Waals surface area (Å²) in [7, 11) is 0. The Kier molecular flexibility index (Phi) is 5.84. The van der Waals surface area contributed by atoms with Gasteiger partial charge in [0.2, 0.25) is 0 Å². The molecule has 0 saturated carbocycles. The summed E-state index contributed by atoms with van der Waals surface area (Å²) >= 11 is 0. The molecule has 0 aliphatic carbocycles. The van der Waals surface area contributed by atoms with E-state index in [0.29, 0.717) is 5.69 Å². The van der Waals surface area contributed by atoms with Gasteiger partial charge in [-0.15, -0.1) is 0 Å². The molecule has 1 aromatic carbocycles. The van der Waals surface area contributed by atoms with E-state index in [1.165, 1.54) is 0 Å². The van der Waals surface area contributed by atoms with Crippen molar-refractivity contribution in [3.63, 3.8) is 0 Å². The van der Waals surface area contributed by atoms with Gasteiger partial charge in [0, 0.05) is 40.3 Å². The quantitative estimate of drug-likeness (QED) is 0.335. The second kappa shape index (κ2) is 9.00. The van der Waals surface area contributed by atoms with Crippen molar-refractivity contribution in [3.05, 3.63) is 90.1 Å². The van der Waals surface area contributed by atoms with Crippen LogP contribution in [0, 0.1) is 6.92 Å². The average Bonchev–Trinajstić information content (AvgIpc) is 3.33. The lowest BCUT2D eigenvalue weighted by Crippen LogP contribution is -2.29. The zero-order valence-electron chi connectivity index (χ0n) is 20.7. The fraction of sp³-hybridized carbons (Fsp3) is 0.207. The number of aryl methyl sites for hydroxylation is 1. The van der Waals surface area contributed by atoms with Crippen molar-refractivity contribution < 1.29 is 9.90 Å². The summed E-state index contributed by atoms with van der Waals surface area (Å²) in [5, 5.41) is 14.2. The molecule has 7 nitrogen and oxygen atoms in total. The van der Waals surface area contributed by atoms with Crippen LogP contribution in [0.4, 0.5) is 0 Å². The Labute approximate surface area is 209 Å². The summed E-state index contributed by atoms with van der Waals surface area (Å²) in [6.07, 6.45) is 6.17. The molecule has 0 fully saturated rings. The number of hydrogen-bond acceptors (Lipinski definition) is 5. The second-order valence-electron chi connectivity index (χ2n) is 9.33. The Morgan fingerprint density at radius 1 is 0.917 bits per heavy atom. The Hall–Kier alpha value is -4.39. The number of pyridine rings is 2. The maximum atomic E-state index is 11.6. The molecule has 0 amide bonds. The van der Waals surface area contributed by atoms with Crippen molar-refractivity contribution in [2.45, 2.75) is 39.5 Å². The van der Waals surface area contributed by atoms with Crippen LogP contribution in [0.25, 0.3) is 39.3 Å². The van der Waals surface area contributed by atoms with E-state index in [0.717, 1.165) is 57.0 Å². The number of rotatable bonds is 6. The summed E-state index contributed by atoms with van der Waals surface area (Å²) in [5.74, 6) is -0.914. The van der Waals surface area contributed by atoms with Crippen LogP contribution in [-0.2, 0) is 16.6 Å². The molecule has 0 bridgehead atoms. The van der Waals surface area contributed by atoms with Gasteiger partial charge in [0.25, 0.3) is 0 Å². The smallest absolute Gasteiger partial charge is 0.315 e. The molecule has 4 aromatic heterocycles. The summed E-state index contributed by atoms with van der Waals surface area (Å²) in [4.78, 5) is 25.8. The Bertz CT molecular complexity index is 1550. The van der Waals surface area contributed by atoms with Crippen LogP contribution in [0.1, 0.15) is 37.7 Å². The number of hydrogen-bond donors (Lipinski definition) is 1. The molecule has 36 heavy (non-hydrogen) atoms. The second-order valence-corrected chi connectivity index (χ2v) is 9.33. The Morgan fingerprint density at radius 2 is 1.64 bits per heavy atom. The zero-order valence-corrected chi connectivity index (χ0v) is 20.7. The van der Waals surface area contributed by atoms with Crippen molar-refractivity contribution in [1.82, 2.24) is 24.6 Å². The molecule has 4 heterocycles. The predicted molar refractivity (Wildman–Crippen MR) is 140 cm³/mol. The molecule has 0 unspecified atom stereocenters. The fourth-order valence-corrected chi connectivity index (χ4v) is 4.38. The highest BCUT2D eigenvalue weighted by Crippen LogP contribution is 2.32. The van der Waals surface area contributed by atoms with Crippen molar-refractivity contribution in [3.8, 4) is 33.6 Å². The van der Waals surface area contributed by atoms with Gasteiger partial charge in [-0.3, -0.25) is 14.8 Å². The molecule has 0 saturated heterocycles. The van der Waals surface area contributed by atoms with Gasteiger partial charge in [-0.25, -0.2) is 9.50 Å². The monoisotopic (exact) mass is 477 g/mol. The van der Waals surface area contributed by atoms with Crippen LogP contribution in [0.15, 0.2) is 73.2 Å². The first kappa shape index (κ1) is 23.4. The minimum absolute atomic E-state index is 0.504. The van der Waals surface area contributed by atoms with E-state index in [9.17, 15) is 9.90 Å². The fourth-order valence-electron chi connectivity index (χ4n) is 4.38. The number of carboxylic acids is 1. The maximum Gasteiger partial charge on any atom is 0.315 e. The van der Waals surface area contributed by atoms with Crippen LogP contribution in [0.2, 0.25) is 0 Å². The van der Waals surface area contributed by atoms with Crippen molar-refractivity contribution in [1.29, 1.82) is 0 Å². The van der Waals surface area contributed by atoms with E-state index in [4.69, 9.17) is 4.98 Å². The van der Waals surface area contributed by atoms with Gasteiger partial charge in [-0.1, -0.05) is 43.3 Å².